The Hall–Kier alpha value is -0.410. The van der Waals surface area contributed by atoms with Crippen molar-refractivity contribution in [1.29, 1.82) is 0 Å². The molecule has 0 aromatic carbocycles. The first-order valence-electron chi connectivity index (χ1n) is 5.39. The Bertz CT molecular complexity index is 134. The van der Waals surface area contributed by atoms with Gasteiger partial charge < -0.3 is 9.47 Å². The van der Waals surface area contributed by atoms with Crippen LogP contribution in [0.4, 0.5) is 0 Å². The van der Waals surface area contributed by atoms with E-state index in [9.17, 15) is 4.79 Å². The van der Waals surface area contributed by atoms with Gasteiger partial charge in [0, 0.05) is 39.8 Å². The van der Waals surface area contributed by atoms with Gasteiger partial charge in [-0.1, -0.05) is 6.92 Å². The molecule has 0 fully saturated rings. The fourth-order valence-corrected chi connectivity index (χ4v) is 1.10. The Labute approximate surface area is 86.8 Å². The van der Waals surface area contributed by atoms with E-state index in [4.69, 9.17) is 9.47 Å². The molecule has 0 saturated heterocycles. The lowest BCUT2D eigenvalue weighted by atomic mass is 10.2. The number of hydrogen-bond acceptors (Lipinski definition) is 3. The third kappa shape index (κ3) is 9.68. The van der Waals surface area contributed by atoms with Crippen LogP contribution in [0.3, 0.4) is 0 Å². The summed E-state index contributed by atoms with van der Waals surface area (Å²) in [5.41, 5.74) is 0. The fourth-order valence-electron chi connectivity index (χ4n) is 1.10. The number of Topliss-reactive ketones (excluding diaryl/α,β-unsaturated/α-hetero) is 1. The summed E-state index contributed by atoms with van der Waals surface area (Å²) in [6.07, 6.45) is 4.25. The molecule has 0 aromatic rings. The average molecular weight is 202 g/mol. The second kappa shape index (κ2) is 10.7. The van der Waals surface area contributed by atoms with Crippen LogP contribution in [-0.2, 0) is 14.3 Å². The zero-order valence-corrected chi connectivity index (χ0v) is 9.38. The van der Waals surface area contributed by atoms with Crippen LogP contribution in [0.5, 0.6) is 0 Å². The third-order valence-electron chi connectivity index (χ3n) is 2.03. The topological polar surface area (TPSA) is 35.5 Å². The summed E-state index contributed by atoms with van der Waals surface area (Å²) in [5, 5.41) is 0. The standard InChI is InChI=1S/C11H22O3/c1-3-11(12)7-6-10-14-9-5-4-8-13-2/h3-10H2,1-2H3. The quantitative estimate of drug-likeness (QED) is 0.509. The van der Waals surface area contributed by atoms with Crippen LogP contribution in [0, 0.1) is 0 Å². The normalized spacial score (nSPS) is 10.4. The molecule has 0 unspecified atom stereocenters. The Morgan fingerprint density at radius 3 is 2.36 bits per heavy atom. The van der Waals surface area contributed by atoms with Crippen molar-refractivity contribution in [3.8, 4) is 0 Å². The first kappa shape index (κ1) is 13.6. The predicted octanol–water partition coefficient (Wildman–Crippen LogP) is 2.19. The monoisotopic (exact) mass is 202 g/mol. The Kier molecular flexibility index (Phi) is 10.4. The molecule has 0 aliphatic carbocycles. The summed E-state index contributed by atoms with van der Waals surface area (Å²) in [4.78, 5) is 10.9. The SMILES string of the molecule is CCC(=O)CCCOCCCCOC. The minimum absolute atomic E-state index is 0.327. The maximum Gasteiger partial charge on any atom is 0.132 e. The largest absolute Gasteiger partial charge is 0.385 e. The maximum absolute atomic E-state index is 10.9. The average Bonchev–Trinajstić information content (AvgIpc) is 2.21. The molecular weight excluding hydrogens is 180 g/mol. The van der Waals surface area contributed by atoms with Gasteiger partial charge in [0.25, 0.3) is 0 Å². The predicted molar refractivity (Wildman–Crippen MR) is 56.5 cm³/mol. The Balaban J connectivity index is 2.95. The summed E-state index contributed by atoms with van der Waals surface area (Å²) < 4.78 is 10.3. The van der Waals surface area contributed by atoms with Crippen LogP contribution in [0.1, 0.15) is 39.0 Å². The van der Waals surface area contributed by atoms with Crippen LogP contribution < -0.4 is 0 Å². The van der Waals surface area contributed by atoms with Gasteiger partial charge in [-0.25, -0.2) is 0 Å². The van der Waals surface area contributed by atoms with Crippen molar-refractivity contribution in [3.63, 3.8) is 0 Å². The molecule has 0 atom stereocenters. The maximum atomic E-state index is 10.9. The molecule has 0 radical (unpaired) electrons. The molecule has 0 aliphatic rings. The molecule has 3 nitrogen and oxygen atoms in total. The number of carbonyl (C=O) groups is 1. The van der Waals surface area contributed by atoms with Crippen molar-refractivity contribution in [3.05, 3.63) is 0 Å². The highest BCUT2D eigenvalue weighted by molar-refractivity contribution is 5.77. The van der Waals surface area contributed by atoms with Gasteiger partial charge in [0.05, 0.1) is 0 Å². The zero-order valence-electron chi connectivity index (χ0n) is 9.38. The minimum Gasteiger partial charge on any atom is -0.385 e. The first-order valence-corrected chi connectivity index (χ1v) is 5.39. The van der Waals surface area contributed by atoms with Crippen molar-refractivity contribution < 1.29 is 14.3 Å². The number of rotatable bonds is 10. The molecule has 0 saturated carbocycles. The number of unbranched alkanes of at least 4 members (excludes halogenated alkanes) is 1. The molecule has 0 aromatic heterocycles. The van der Waals surface area contributed by atoms with Crippen molar-refractivity contribution in [2.45, 2.75) is 39.0 Å². The summed E-state index contributed by atoms with van der Waals surface area (Å²) in [7, 11) is 1.71. The van der Waals surface area contributed by atoms with Gasteiger partial charge >= 0.3 is 0 Å². The fraction of sp³-hybridized carbons (Fsp3) is 0.909. The molecule has 0 amide bonds. The van der Waals surface area contributed by atoms with Crippen molar-refractivity contribution in [1.82, 2.24) is 0 Å². The first-order chi connectivity index (χ1) is 6.81. The van der Waals surface area contributed by atoms with E-state index in [1.165, 1.54) is 0 Å². The van der Waals surface area contributed by atoms with E-state index >= 15 is 0 Å². The lowest BCUT2D eigenvalue weighted by Gasteiger charge is -2.03. The number of ketones is 1. The Morgan fingerprint density at radius 2 is 1.71 bits per heavy atom. The van der Waals surface area contributed by atoms with Gasteiger partial charge in [-0.15, -0.1) is 0 Å². The van der Waals surface area contributed by atoms with Gasteiger partial charge in [-0.05, 0) is 19.3 Å². The van der Waals surface area contributed by atoms with Gasteiger partial charge in [0.1, 0.15) is 5.78 Å². The van der Waals surface area contributed by atoms with E-state index < -0.39 is 0 Å². The van der Waals surface area contributed by atoms with Gasteiger partial charge in [0.15, 0.2) is 0 Å². The highest BCUT2D eigenvalue weighted by Crippen LogP contribution is 1.96. The number of methoxy groups -OCH3 is 1. The molecule has 0 rings (SSSR count). The molecule has 0 spiro atoms. The van der Waals surface area contributed by atoms with Crippen LogP contribution in [0.25, 0.3) is 0 Å². The Morgan fingerprint density at radius 1 is 1.07 bits per heavy atom. The minimum atomic E-state index is 0.327. The summed E-state index contributed by atoms with van der Waals surface area (Å²) >= 11 is 0. The second-order valence-corrected chi connectivity index (χ2v) is 3.31. The summed E-state index contributed by atoms with van der Waals surface area (Å²) in [6, 6.07) is 0. The second-order valence-electron chi connectivity index (χ2n) is 3.31. The highest BCUT2D eigenvalue weighted by Gasteiger charge is 1.97. The van der Waals surface area contributed by atoms with E-state index in [0.29, 0.717) is 25.2 Å². The molecule has 84 valence electrons. The van der Waals surface area contributed by atoms with Crippen LogP contribution >= 0.6 is 0 Å². The molecule has 0 aliphatic heterocycles. The van der Waals surface area contributed by atoms with Crippen molar-refractivity contribution >= 4 is 5.78 Å². The molecule has 0 heterocycles. The lowest BCUT2D eigenvalue weighted by molar-refractivity contribution is -0.119. The zero-order chi connectivity index (χ0) is 10.6. The number of ether oxygens (including phenoxy) is 2. The van der Waals surface area contributed by atoms with Crippen molar-refractivity contribution in [2.24, 2.45) is 0 Å². The highest BCUT2D eigenvalue weighted by atomic mass is 16.5. The van der Waals surface area contributed by atoms with Gasteiger partial charge in [-0.3, -0.25) is 4.79 Å². The molecule has 14 heavy (non-hydrogen) atoms. The summed E-state index contributed by atoms with van der Waals surface area (Å²) in [6.45, 7) is 4.19. The van der Waals surface area contributed by atoms with Crippen molar-refractivity contribution in [2.75, 3.05) is 26.9 Å². The smallest absolute Gasteiger partial charge is 0.132 e. The summed E-state index contributed by atoms with van der Waals surface area (Å²) in [5.74, 6) is 0.327. The van der Waals surface area contributed by atoms with Crippen LogP contribution in [0.15, 0.2) is 0 Å². The molecule has 0 N–H and O–H groups in total. The molecule has 0 bridgehead atoms. The van der Waals surface area contributed by atoms with Gasteiger partial charge in [-0.2, -0.15) is 0 Å². The third-order valence-corrected chi connectivity index (χ3v) is 2.03. The van der Waals surface area contributed by atoms with Crippen LogP contribution in [0.2, 0.25) is 0 Å². The number of carbonyl (C=O) groups excluding carboxylic acids is 1. The van der Waals surface area contributed by atoms with E-state index in [1.807, 2.05) is 6.92 Å². The van der Waals surface area contributed by atoms with E-state index in [0.717, 1.165) is 32.5 Å². The lowest BCUT2D eigenvalue weighted by Crippen LogP contribution is -2.02. The van der Waals surface area contributed by atoms with Gasteiger partial charge in [0.2, 0.25) is 0 Å². The molecule has 3 heteroatoms. The van der Waals surface area contributed by atoms with E-state index in [-0.39, 0.29) is 0 Å². The molecular formula is C11H22O3. The van der Waals surface area contributed by atoms with Crippen LogP contribution in [-0.4, -0.2) is 32.7 Å². The van der Waals surface area contributed by atoms with E-state index in [1.54, 1.807) is 7.11 Å². The number of hydrogen-bond donors (Lipinski definition) is 0. The van der Waals surface area contributed by atoms with E-state index in [2.05, 4.69) is 0 Å².